The van der Waals surface area contributed by atoms with Gasteiger partial charge in [-0.2, -0.15) is 0 Å². The van der Waals surface area contributed by atoms with E-state index >= 15 is 0 Å². The van der Waals surface area contributed by atoms with Crippen molar-refractivity contribution in [2.24, 2.45) is 5.84 Å². The van der Waals surface area contributed by atoms with Gasteiger partial charge >= 0.3 is 0 Å². The van der Waals surface area contributed by atoms with Gasteiger partial charge in [-0.1, -0.05) is 0 Å². The fraction of sp³-hybridized carbons (Fsp3) is 0.444. The van der Waals surface area contributed by atoms with Crippen molar-refractivity contribution < 1.29 is 0 Å². The van der Waals surface area contributed by atoms with Crippen LogP contribution < -0.4 is 11.3 Å². The van der Waals surface area contributed by atoms with Gasteiger partial charge in [0.15, 0.2) is 0 Å². The Morgan fingerprint density at radius 1 is 1.77 bits per heavy atom. The van der Waals surface area contributed by atoms with E-state index in [9.17, 15) is 0 Å². The zero-order valence-electron chi connectivity index (χ0n) is 7.46. The molecule has 1 aromatic heterocycles. The number of aromatic nitrogens is 2. The number of unbranched alkanes of at least 4 members (excludes halogenated alkanes) is 1. The van der Waals surface area contributed by atoms with Gasteiger partial charge in [-0.3, -0.25) is 5.84 Å². The van der Waals surface area contributed by atoms with E-state index in [4.69, 9.17) is 12.3 Å². The molecule has 0 saturated heterocycles. The monoisotopic (exact) mass is 178 g/mol. The second-order valence-electron chi connectivity index (χ2n) is 2.79. The molecule has 0 aromatic carbocycles. The standard InChI is InChI=1S/C9H14N4/c1-2-3-4-5-8(13-10)9-11-6-7-12-9/h1,6-8,13H,3-5,10H2,(H,11,12). The van der Waals surface area contributed by atoms with Gasteiger partial charge in [-0.15, -0.1) is 12.3 Å². The van der Waals surface area contributed by atoms with Crippen LogP contribution in [0.5, 0.6) is 0 Å². The third kappa shape index (κ3) is 2.90. The number of hydrazine groups is 1. The third-order valence-electron chi connectivity index (χ3n) is 1.86. The largest absolute Gasteiger partial charge is 0.347 e. The number of aromatic amines is 1. The van der Waals surface area contributed by atoms with Crippen LogP contribution in [0.2, 0.25) is 0 Å². The van der Waals surface area contributed by atoms with Crippen LogP contribution in [0.4, 0.5) is 0 Å². The Labute approximate surface area is 77.9 Å². The molecule has 1 atom stereocenters. The van der Waals surface area contributed by atoms with Crippen LogP contribution >= 0.6 is 0 Å². The lowest BCUT2D eigenvalue weighted by atomic mass is 10.1. The van der Waals surface area contributed by atoms with Crippen LogP contribution in [0, 0.1) is 12.3 Å². The lowest BCUT2D eigenvalue weighted by Crippen LogP contribution is -2.28. The van der Waals surface area contributed by atoms with E-state index in [1.807, 2.05) is 0 Å². The summed E-state index contributed by atoms with van der Waals surface area (Å²) in [6.45, 7) is 0. The predicted molar refractivity (Wildman–Crippen MR) is 51.3 cm³/mol. The predicted octanol–water partition coefficient (Wildman–Crippen LogP) is 0.718. The highest BCUT2D eigenvalue weighted by Crippen LogP contribution is 2.13. The number of nitrogens with two attached hydrogens (primary N) is 1. The van der Waals surface area contributed by atoms with E-state index in [1.165, 1.54) is 0 Å². The van der Waals surface area contributed by atoms with Crippen molar-refractivity contribution in [3.63, 3.8) is 0 Å². The maximum atomic E-state index is 5.38. The van der Waals surface area contributed by atoms with Crippen LogP contribution in [0.3, 0.4) is 0 Å². The van der Waals surface area contributed by atoms with Crippen molar-refractivity contribution >= 4 is 0 Å². The molecule has 0 fully saturated rings. The molecule has 1 aromatic rings. The molecule has 4 N–H and O–H groups in total. The van der Waals surface area contributed by atoms with Crippen molar-refractivity contribution in [3.8, 4) is 12.3 Å². The summed E-state index contributed by atoms with van der Waals surface area (Å²) in [6, 6.07) is 0.0725. The molecule has 0 aliphatic rings. The topological polar surface area (TPSA) is 66.7 Å². The zero-order chi connectivity index (χ0) is 9.52. The molecule has 0 spiro atoms. The number of terminal acetylenes is 1. The molecule has 4 nitrogen and oxygen atoms in total. The summed E-state index contributed by atoms with van der Waals surface area (Å²) < 4.78 is 0. The van der Waals surface area contributed by atoms with Crippen molar-refractivity contribution in [1.82, 2.24) is 15.4 Å². The first kappa shape index (κ1) is 9.78. The summed E-state index contributed by atoms with van der Waals surface area (Å²) in [4.78, 5) is 7.13. The highest BCUT2D eigenvalue weighted by atomic mass is 15.2. The minimum atomic E-state index is 0.0725. The first-order valence-corrected chi connectivity index (χ1v) is 4.27. The number of hydrogen-bond donors (Lipinski definition) is 3. The second kappa shape index (κ2) is 5.36. The highest BCUT2D eigenvalue weighted by Gasteiger charge is 2.10. The number of H-pyrrole nitrogens is 1. The van der Waals surface area contributed by atoms with E-state index in [2.05, 4.69) is 21.3 Å². The molecule has 0 aliphatic carbocycles. The van der Waals surface area contributed by atoms with Crippen molar-refractivity contribution in [3.05, 3.63) is 18.2 Å². The fourth-order valence-corrected chi connectivity index (χ4v) is 1.18. The second-order valence-corrected chi connectivity index (χ2v) is 2.79. The SMILES string of the molecule is C#CCCCC(NN)c1ncc[nH]1. The van der Waals surface area contributed by atoms with Gasteiger partial charge < -0.3 is 4.98 Å². The van der Waals surface area contributed by atoms with Crippen molar-refractivity contribution in [2.45, 2.75) is 25.3 Å². The van der Waals surface area contributed by atoms with E-state index in [0.29, 0.717) is 0 Å². The Bertz CT molecular complexity index is 260. The quantitative estimate of drug-likeness (QED) is 0.269. The van der Waals surface area contributed by atoms with Crippen molar-refractivity contribution in [2.75, 3.05) is 0 Å². The average Bonchev–Trinajstić information content (AvgIpc) is 2.65. The molecule has 0 saturated carbocycles. The molecule has 13 heavy (non-hydrogen) atoms. The lowest BCUT2D eigenvalue weighted by molar-refractivity contribution is 0.482. The maximum absolute atomic E-state index is 5.38. The summed E-state index contributed by atoms with van der Waals surface area (Å²) in [5, 5.41) is 0. The summed E-state index contributed by atoms with van der Waals surface area (Å²) >= 11 is 0. The van der Waals surface area contributed by atoms with Crippen LogP contribution in [0.15, 0.2) is 12.4 Å². The van der Waals surface area contributed by atoms with Gasteiger partial charge in [-0.05, 0) is 12.8 Å². The van der Waals surface area contributed by atoms with Gasteiger partial charge in [-0.25, -0.2) is 10.4 Å². The Hall–Kier alpha value is -1.31. The Morgan fingerprint density at radius 2 is 2.62 bits per heavy atom. The van der Waals surface area contributed by atoms with Gasteiger partial charge in [0.25, 0.3) is 0 Å². The normalized spacial score (nSPS) is 12.3. The van der Waals surface area contributed by atoms with Gasteiger partial charge in [0.1, 0.15) is 5.82 Å². The van der Waals surface area contributed by atoms with Crippen LogP contribution in [-0.2, 0) is 0 Å². The molecule has 1 heterocycles. The Balaban J connectivity index is 2.41. The number of rotatable bonds is 5. The molecule has 0 radical (unpaired) electrons. The molecule has 0 aliphatic heterocycles. The van der Waals surface area contributed by atoms with Crippen LogP contribution in [0.1, 0.15) is 31.1 Å². The first-order valence-electron chi connectivity index (χ1n) is 4.27. The Kier molecular flexibility index (Phi) is 4.03. The van der Waals surface area contributed by atoms with Gasteiger partial charge in [0.05, 0.1) is 6.04 Å². The molecule has 0 bridgehead atoms. The van der Waals surface area contributed by atoms with Gasteiger partial charge in [0, 0.05) is 18.8 Å². The molecule has 0 amide bonds. The van der Waals surface area contributed by atoms with Crippen molar-refractivity contribution in [1.29, 1.82) is 0 Å². The van der Waals surface area contributed by atoms with E-state index in [-0.39, 0.29) is 6.04 Å². The van der Waals surface area contributed by atoms with Crippen LogP contribution in [-0.4, -0.2) is 9.97 Å². The fourth-order valence-electron chi connectivity index (χ4n) is 1.18. The van der Waals surface area contributed by atoms with E-state index in [0.717, 1.165) is 25.1 Å². The van der Waals surface area contributed by atoms with E-state index in [1.54, 1.807) is 12.4 Å². The number of nitrogens with one attached hydrogen (secondary N) is 2. The lowest BCUT2D eigenvalue weighted by Gasteiger charge is -2.11. The molecule has 1 rings (SSSR count). The van der Waals surface area contributed by atoms with E-state index < -0.39 is 0 Å². The molecular weight excluding hydrogens is 164 g/mol. The summed E-state index contributed by atoms with van der Waals surface area (Å²) in [7, 11) is 0. The molecule has 4 heteroatoms. The molecule has 1 unspecified atom stereocenters. The molecular formula is C9H14N4. The zero-order valence-corrected chi connectivity index (χ0v) is 7.46. The number of nitrogens with zero attached hydrogens (tertiary/aromatic N) is 1. The smallest absolute Gasteiger partial charge is 0.124 e. The van der Waals surface area contributed by atoms with Gasteiger partial charge in [0.2, 0.25) is 0 Å². The third-order valence-corrected chi connectivity index (χ3v) is 1.86. The summed E-state index contributed by atoms with van der Waals surface area (Å²) in [5.74, 6) is 8.84. The van der Waals surface area contributed by atoms with Crippen LogP contribution in [0.25, 0.3) is 0 Å². The summed E-state index contributed by atoms with van der Waals surface area (Å²) in [6.07, 6.45) is 11.3. The maximum Gasteiger partial charge on any atom is 0.124 e. The highest BCUT2D eigenvalue weighted by molar-refractivity contribution is 4.95. The Morgan fingerprint density at radius 3 is 3.15 bits per heavy atom. The minimum Gasteiger partial charge on any atom is -0.347 e. The minimum absolute atomic E-state index is 0.0725. The number of hydrogen-bond acceptors (Lipinski definition) is 3. The summed E-state index contributed by atoms with van der Waals surface area (Å²) in [5.41, 5.74) is 2.70. The first-order chi connectivity index (χ1) is 6.38. The number of imidazole rings is 1. The molecule has 70 valence electrons. The average molecular weight is 178 g/mol.